The lowest BCUT2D eigenvalue weighted by Crippen LogP contribution is -2.42. The summed E-state index contributed by atoms with van der Waals surface area (Å²) in [6.07, 6.45) is 2.57. The van der Waals surface area contributed by atoms with Crippen molar-refractivity contribution in [2.45, 2.75) is 32.2 Å². The van der Waals surface area contributed by atoms with E-state index >= 15 is 0 Å². The Kier molecular flexibility index (Phi) is 9.53. The van der Waals surface area contributed by atoms with Crippen LogP contribution in [0.2, 0.25) is 0 Å². The summed E-state index contributed by atoms with van der Waals surface area (Å²) in [6, 6.07) is 18.4. The van der Waals surface area contributed by atoms with Gasteiger partial charge >= 0.3 is 5.97 Å². The van der Waals surface area contributed by atoms with Crippen molar-refractivity contribution in [2.24, 2.45) is 0 Å². The molecule has 0 saturated heterocycles. The van der Waals surface area contributed by atoms with Gasteiger partial charge in [0, 0.05) is 41.1 Å². The number of rotatable bonds is 11. The fraction of sp³-hybridized carbons (Fsp3) is 0.240. The fourth-order valence-electron chi connectivity index (χ4n) is 3.71. The van der Waals surface area contributed by atoms with Crippen LogP contribution in [0.3, 0.4) is 0 Å². The van der Waals surface area contributed by atoms with E-state index < -0.39 is 23.3 Å². The number of halogens is 1. The van der Waals surface area contributed by atoms with Gasteiger partial charge in [-0.25, -0.2) is 9.78 Å². The van der Waals surface area contributed by atoms with Gasteiger partial charge in [0.1, 0.15) is 11.9 Å². The van der Waals surface area contributed by atoms with Crippen LogP contribution in [0.25, 0.3) is 11.1 Å². The highest BCUT2D eigenvalue weighted by molar-refractivity contribution is 9.10. The van der Waals surface area contributed by atoms with Crippen LogP contribution in [0.5, 0.6) is 0 Å². The van der Waals surface area contributed by atoms with E-state index in [-0.39, 0.29) is 18.0 Å². The number of nitrogens with zero attached hydrogens (tertiary/aromatic N) is 3. The molecular weight excluding hydrogens is 534 g/mol. The van der Waals surface area contributed by atoms with Gasteiger partial charge in [0.25, 0.3) is 0 Å². The average Bonchev–Trinajstić information content (AvgIpc) is 2.84. The maximum atomic E-state index is 12.0. The molecule has 2 unspecified atom stereocenters. The molecule has 0 saturated carbocycles. The fourth-order valence-corrected chi connectivity index (χ4v) is 4.67. The Hall–Kier alpha value is -3.08. The summed E-state index contributed by atoms with van der Waals surface area (Å²) < 4.78 is 25.9. The number of aliphatic carboxylic acids is 1. The number of carbonyl (C=O) groups is 2. The molecule has 1 heterocycles. The second kappa shape index (κ2) is 12.6. The molecule has 3 aromatic rings. The lowest BCUT2D eigenvalue weighted by molar-refractivity contribution is -0.138. The van der Waals surface area contributed by atoms with Crippen molar-refractivity contribution in [3.63, 3.8) is 0 Å². The summed E-state index contributed by atoms with van der Waals surface area (Å²) in [7, 11) is 0. The van der Waals surface area contributed by atoms with Crippen molar-refractivity contribution in [1.82, 2.24) is 4.98 Å². The van der Waals surface area contributed by atoms with E-state index in [1.807, 2.05) is 24.3 Å². The van der Waals surface area contributed by atoms with Crippen LogP contribution in [0.1, 0.15) is 26.2 Å². The Bertz CT molecular complexity index is 1160. The third-order valence-corrected chi connectivity index (χ3v) is 6.76. The third-order valence-electron chi connectivity index (χ3n) is 5.44. The number of aromatic nitrogens is 1. The molecule has 1 N–H and O–H groups in total. The molecule has 1 amide bonds. The first-order valence-electron chi connectivity index (χ1n) is 10.9. The van der Waals surface area contributed by atoms with Crippen molar-refractivity contribution < 1.29 is 23.5 Å². The van der Waals surface area contributed by atoms with Crippen LogP contribution in [0.15, 0.2) is 77.4 Å². The zero-order valence-corrected chi connectivity index (χ0v) is 21.4. The molecule has 0 spiro atoms. The predicted molar refractivity (Wildman–Crippen MR) is 139 cm³/mol. The Morgan fingerprint density at radius 1 is 1.03 bits per heavy atom. The van der Waals surface area contributed by atoms with Gasteiger partial charge in [-0.1, -0.05) is 46.3 Å². The Morgan fingerprint density at radius 3 is 2.17 bits per heavy atom. The van der Waals surface area contributed by atoms with Crippen LogP contribution < -0.4 is 9.21 Å². The number of unbranched alkanes of at least 4 members (excludes halogenated alkanes) is 1. The zero-order valence-electron chi connectivity index (χ0n) is 19.0. The number of carboxylic acids is 1. The normalized spacial score (nSPS) is 12.5. The molecular formula is C25H25BrN3O5S-. The third kappa shape index (κ3) is 7.20. The van der Waals surface area contributed by atoms with Crippen molar-refractivity contribution in [1.29, 1.82) is 0 Å². The maximum absolute atomic E-state index is 12.0. The van der Waals surface area contributed by atoms with E-state index in [1.54, 1.807) is 48.7 Å². The second-order valence-corrected chi connectivity index (χ2v) is 9.55. The van der Waals surface area contributed by atoms with E-state index in [2.05, 4.69) is 20.9 Å². The number of benzene rings is 2. The van der Waals surface area contributed by atoms with Crippen LogP contribution in [-0.2, 0) is 20.9 Å². The summed E-state index contributed by atoms with van der Waals surface area (Å²) >= 11 is 0.605. The summed E-state index contributed by atoms with van der Waals surface area (Å²) in [5.41, 5.74) is 2.10. The highest BCUT2D eigenvalue weighted by atomic mass is 79.9. The predicted octanol–water partition coefficient (Wildman–Crippen LogP) is 4.79. The Labute approximate surface area is 215 Å². The molecule has 2 atom stereocenters. The lowest BCUT2D eigenvalue weighted by Gasteiger charge is -2.32. The average molecular weight is 559 g/mol. The van der Waals surface area contributed by atoms with E-state index in [9.17, 15) is 23.5 Å². The van der Waals surface area contributed by atoms with Crippen molar-refractivity contribution in [2.75, 3.05) is 15.7 Å². The number of carboxylic acid groups (broad SMARTS) is 1. The van der Waals surface area contributed by atoms with Gasteiger partial charge in [-0.2, -0.15) is 0 Å². The number of hydrogen-bond donors (Lipinski definition) is 1. The topological polar surface area (TPSA) is 114 Å². The summed E-state index contributed by atoms with van der Waals surface area (Å²) in [6.45, 7) is 1.79. The van der Waals surface area contributed by atoms with E-state index in [1.165, 1.54) is 11.8 Å². The molecule has 0 aliphatic carbocycles. The van der Waals surface area contributed by atoms with Gasteiger partial charge in [0.15, 0.2) is 0 Å². The highest BCUT2D eigenvalue weighted by Crippen LogP contribution is 2.27. The number of carbonyl (C=O) groups excluding carboxylic acids is 1. The van der Waals surface area contributed by atoms with Crippen molar-refractivity contribution in [3.8, 4) is 11.1 Å². The first kappa shape index (κ1) is 26.5. The number of pyridine rings is 1. The quantitative estimate of drug-likeness (QED) is 0.267. The Balaban J connectivity index is 1.69. The number of anilines is 2. The van der Waals surface area contributed by atoms with Crippen LogP contribution >= 0.6 is 15.9 Å². The molecule has 184 valence electrons. The maximum Gasteiger partial charge on any atom is 0.327 e. The molecule has 10 heteroatoms. The highest BCUT2D eigenvalue weighted by Gasteiger charge is 2.27. The molecule has 2 aromatic carbocycles. The van der Waals surface area contributed by atoms with Gasteiger partial charge in [-0.05, 0) is 66.8 Å². The molecule has 0 bridgehead atoms. The van der Waals surface area contributed by atoms with Crippen molar-refractivity contribution in [3.05, 3.63) is 77.4 Å². The molecule has 35 heavy (non-hydrogen) atoms. The molecule has 0 radical (unpaired) electrons. The standard InChI is InChI=1S/C25H26BrN3O5S/c1-18(30)28(24-7-2-4-16-27-24)17-5-3-6-23(25(31)32)29(35(33)34)22-14-10-20(11-15-22)19-8-12-21(26)13-9-19/h2,4,7-16,23H,3,5-6,17H2,1H3,(H,31,32)(H,33,34)/p-1. The lowest BCUT2D eigenvalue weighted by atomic mass is 10.0. The van der Waals surface area contributed by atoms with Crippen LogP contribution in [0.4, 0.5) is 11.5 Å². The van der Waals surface area contributed by atoms with E-state index in [4.69, 9.17) is 0 Å². The molecule has 8 nitrogen and oxygen atoms in total. The number of amides is 1. The first-order chi connectivity index (χ1) is 16.8. The second-order valence-electron chi connectivity index (χ2n) is 7.81. The van der Waals surface area contributed by atoms with Gasteiger partial charge in [-0.15, -0.1) is 0 Å². The van der Waals surface area contributed by atoms with Gasteiger partial charge in [-0.3, -0.25) is 18.2 Å². The van der Waals surface area contributed by atoms with Gasteiger partial charge in [0.05, 0.1) is 0 Å². The Morgan fingerprint density at radius 2 is 1.66 bits per heavy atom. The minimum atomic E-state index is -2.79. The van der Waals surface area contributed by atoms with Gasteiger partial charge in [0.2, 0.25) is 5.91 Å². The van der Waals surface area contributed by atoms with Crippen molar-refractivity contribution >= 4 is 50.6 Å². The molecule has 0 aliphatic rings. The summed E-state index contributed by atoms with van der Waals surface area (Å²) in [5, 5.41) is 9.79. The molecule has 0 fully saturated rings. The molecule has 3 rings (SSSR count). The molecule has 0 aliphatic heterocycles. The minimum Gasteiger partial charge on any atom is -0.755 e. The largest absolute Gasteiger partial charge is 0.755 e. The SMILES string of the molecule is CC(=O)N(CCCCC(C(=O)O)N(c1ccc(-c2ccc(Br)cc2)cc1)S(=O)[O-])c1ccccn1. The number of hydrogen-bond acceptors (Lipinski definition) is 5. The van der Waals surface area contributed by atoms with E-state index in [0.29, 0.717) is 25.2 Å². The smallest absolute Gasteiger partial charge is 0.327 e. The first-order valence-corrected chi connectivity index (χ1v) is 12.8. The zero-order chi connectivity index (χ0) is 25.4. The monoisotopic (exact) mass is 558 g/mol. The minimum absolute atomic E-state index is 0.0890. The summed E-state index contributed by atoms with van der Waals surface area (Å²) in [4.78, 5) is 29.7. The van der Waals surface area contributed by atoms with Gasteiger partial charge < -0.3 is 9.66 Å². The summed E-state index contributed by atoms with van der Waals surface area (Å²) in [5.74, 6) is -0.895. The molecule has 1 aromatic heterocycles. The van der Waals surface area contributed by atoms with Crippen LogP contribution in [-0.4, -0.2) is 43.3 Å². The van der Waals surface area contributed by atoms with Crippen LogP contribution in [0, 0.1) is 0 Å². The van der Waals surface area contributed by atoms with E-state index in [0.717, 1.165) is 19.9 Å².